The monoisotopic (exact) mass is 386 g/mol. The van der Waals surface area contributed by atoms with Gasteiger partial charge in [0.1, 0.15) is 6.04 Å². The molecule has 2 aliphatic heterocycles. The molecule has 7 nitrogen and oxygen atoms in total. The molecule has 4 rings (SSSR count). The Bertz CT molecular complexity index is 882. The van der Waals surface area contributed by atoms with Crippen LogP contribution in [-0.4, -0.2) is 41.4 Å². The molecule has 0 bridgehead atoms. The number of ether oxygens (including phenoxy) is 1. The number of carbonyl (C=O) groups excluding carboxylic acids is 2. The van der Waals surface area contributed by atoms with Gasteiger partial charge in [0.2, 0.25) is 12.5 Å². The third kappa shape index (κ3) is 2.41. The quantitative estimate of drug-likeness (QED) is 0.452. The average Bonchev–Trinajstić information content (AvgIpc) is 3.05. The number of rotatable bonds is 3. The Labute approximate surface area is 164 Å². The Morgan fingerprint density at radius 2 is 2.00 bits per heavy atom. The van der Waals surface area contributed by atoms with E-state index in [2.05, 4.69) is 12.1 Å². The molecule has 1 saturated heterocycles. The van der Waals surface area contributed by atoms with Crippen molar-refractivity contribution in [3.63, 3.8) is 0 Å². The molecule has 1 amide bonds. The van der Waals surface area contributed by atoms with Crippen LogP contribution in [0.4, 0.5) is 0 Å². The maximum absolute atomic E-state index is 13.1. The van der Waals surface area contributed by atoms with Gasteiger partial charge in [-0.1, -0.05) is 19.1 Å². The molecular formula is C21H26N2O5. The second-order valence-corrected chi connectivity index (χ2v) is 8.70. The molecule has 0 N–H and O–H groups in total. The van der Waals surface area contributed by atoms with Gasteiger partial charge in [-0.2, -0.15) is 0 Å². The number of fused-ring (bicyclic) bond motifs is 1. The first-order chi connectivity index (χ1) is 13.2. The molecule has 0 radical (unpaired) electrons. The second-order valence-electron chi connectivity index (χ2n) is 8.70. The summed E-state index contributed by atoms with van der Waals surface area (Å²) in [7, 11) is 1.34. The van der Waals surface area contributed by atoms with Crippen LogP contribution in [0.15, 0.2) is 12.1 Å². The lowest BCUT2D eigenvalue weighted by Gasteiger charge is -2.48. The second kappa shape index (κ2) is 6.29. The van der Waals surface area contributed by atoms with E-state index in [4.69, 9.17) is 4.74 Å². The average molecular weight is 386 g/mol. The minimum absolute atomic E-state index is 0.0930. The van der Waals surface area contributed by atoms with E-state index in [1.807, 2.05) is 20.8 Å². The predicted molar refractivity (Wildman–Crippen MR) is 101 cm³/mol. The Morgan fingerprint density at radius 1 is 1.32 bits per heavy atom. The van der Waals surface area contributed by atoms with Crippen LogP contribution in [0.2, 0.25) is 0 Å². The highest BCUT2D eigenvalue weighted by Gasteiger charge is 2.67. The van der Waals surface area contributed by atoms with Gasteiger partial charge in [0.15, 0.2) is 0 Å². The summed E-state index contributed by atoms with van der Waals surface area (Å²) in [5.74, 6) is -0.757. The van der Waals surface area contributed by atoms with Gasteiger partial charge >= 0.3 is 5.97 Å². The fourth-order valence-corrected chi connectivity index (χ4v) is 6.09. The van der Waals surface area contributed by atoms with Gasteiger partial charge in [-0.15, -0.1) is 0 Å². The van der Waals surface area contributed by atoms with E-state index < -0.39 is 17.6 Å². The van der Waals surface area contributed by atoms with Crippen LogP contribution < -0.4 is 0 Å². The highest BCUT2D eigenvalue weighted by Crippen LogP contribution is 2.62. The molecule has 0 aromatic heterocycles. The zero-order chi connectivity index (χ0) is 20.4. The SMILES string of the molecule is COC(=O)[C@@H]1Cc2cc(C)c(C)cc2[C@@]23C[C@H](C)[C@@H](C[N+](=O)[O-])[C@@H]2CC(=O)N13. The number of methoxy groups -OCH3 is 1. The van der Waals surface area contributed by atoms with Gasteiger partial charge in [0, 0.05) is 29.6 Å². The fourth-order valence-electron chi connectivity index (χ4n) is 6.09. The first kappa shape index (κ1) is 18.9. The molecule has 5 atom stereocenters. The summed E-state index contributed by atoms with van der Waals surface area (Å²) >= 11 is 0. The lowest BCUT2D eigenvalue weighted by Crippen LogP contribution is -2.58. The number of carbonyl (C=O) groups is 2. The van der Waals surface area contributed by atoms with Crippen LogP contribution in [0.3, 0.4) is 0 Å². The van der Waals surface area contributed by atoms with Crippen LogP contribution in [0.25, 0.3) is 0 Å². The van der Waals surface area contributed by atoms with Crippen molar-refractivity contribution in [1.29, 1.82) is 0 Å². The van der Waals surface area contributed by atoms with Gasteiger partial charge < -0.3 is 9.64 Å². The van der Waals surface area contributed by atoms with Gasteiger partial charge in [0.05, 0.1) is 12.6 Å². The van der Waals surface area contributed by atoms with Crippen LogP contribution >= 0.6 is 0 Å². The summed E-state index contributed by atoms with van der Waals surface area (Å²) in [4.78, 5) is 38.5. The van der Waals surface area contributed by atoms with E-state index in [0.717, 1.165) is 22.3 Å². The molecular weight excluding hydrogens is 360 g/mol. The Balaban J connectivity index is 1.94. The molecule has 1 aromatic carbocycles. The number of amides is 1. The van der Waals surface area contributed by atoms with Gasteiger partial charge in [-0.3, -0.25) is 14.9 Å². The maximum Gasteiger partial charge on any atom is 0.328 e. The topological polar surface area (TPSA) is 89.7 Å². The number of hydrogen-bond acceptors (Lipinski definition) is 5. The van der Waals surface area contributed by atoms with Crippen LogP contribution in [-0.2, 0) is 26.3 Å². The normalized spacial score (nSPS) is 33.3. The van der Waals surface area contributed by atoms with E-state index in [-0.39, 0.29) is 41.5 Å². The number of nitrogens with zero attached hydrogens (tertiary/aromatic N) is 2. The maximum atomic E-state index is 13.1. The summed E-state index contributed by atoms with van der Waals surface area (Å²) in [5.41, 5.74) is 3.75. The summed E-state index contributed by atoms with van der Waals surface area (Å²) in [6.07, 6.45) is 1.32. The number of benzene rings is 1. The largest absolute Gasteiger partial charge is 0.467 e. The van der Waals surface area contributed by atoms with Crippen molar-refractivity contribution in [3.05, 3.63) is 44.5 Å². The van der Waals surface area contributed by atoms with Crippen molar-refractivity contribution in [1.82, 2.24) is 4.90 Å². The highest BCUT2D eigenvalue weighted by atomic mass is 16.6. The third-order valence-electron chi connectivity index (χ3n) is 7.33. The van der Waals surface area contributed by atoms with Crippen LogP contribution in [0.5, 0.6) is 0 Å². The molecule has 2 fully saturated rings. The Morgan fingerprint density at radius 3 is 2.64 bits per heavy atom. The smallest absolute Gasteiger partial charge is 0.328 e. The Kier molecular flexibility index (Phi) is 4.25. The summed E-state index contributed by atoms with van der Waals surface area (Å²) in [5, 5.41) is 11.3. The molecule has 1 spiro atoms. The van der Waals surface area contributed by atoms with Crippen molar-refractivity contribution in [2.45, 2.75) is 51.6 Å². The fraction of sp³-hybridized carbons (Fsp3) is 0.619. The lowest BCUT2D eigenvalue weighted by atomic mass is 9.72. The van der Waals surface area contributed by atoms with Crippen molar-refractivity contribution in [2.75, 3.05) is 13.7 Å². The van der Waals surface area contributed by atoms with E-state index in [0.29, 0.717) is 12.8 Å². The molecule has 3 aliphatic rings. The van der Waals surface area contributed by atoms with Gasteiger partial charge in [-0.25, -0.2) is 4.79 Å². The number of hydrogen-bond donors (Lipinski definition) is 0. The first-order valence-electron chi connectivity index (χ1n) is 9.83. The number of nitro groups is 1. The molecule has 2 heterocycles. The van der Waals surface area contributed by atoms with Crippen molar-refractivity contribution >= 4 is 11.9 Å². The van der Waals surface area contributed by atoms with Gasteiger partial charge in [0.25, 0.3) is 0 Å². The van der Waals surface area contributed by atoms with Crippen molar-refractivity contribution in [3.8, 4) is 0 Å². The Hall–Kier alpha value is -2.44. The van der Waals surface area contributed by atoms with E-state index in [1.54, 1.807) is 4.90 Å². The lowest BCUT2D eigenvalue weighted by molar-refractivity contribution is -0.491. The molecule has 28 heavy (non-hydrogen) atoms. The van der Waals surface area contributed by atoms with E-state index in [9.17, 15) is 19.7 Å². The zero-order valence-corrected chi connectivity index (χ0v) is 16.7. The molecule has 1 aromatic rings. The van der Waals surface area contributed by atoms with Crippen LogP contribution in [0.1, 0.15) is 42.0 Å². The van der Waals surface area contributed by atoms with Crippen molar-refractivity contribution in [2.24, 2.45) is 17.8 Å². The number of esters is 1. The van der Waals surface area contributed by atoms with E-state index in [1.165, 1.54) is 7.11 Å². The van der Waals surface area contributed by atoms with Gasteiger partial charge in [-0.05, 0) is 48.4 Å². The highest BCUT2D eigenvalue weighted by molar-refractivity contribution is 5.89. The summed E-state index contributed by atoms with van der Waals surface area (Å²) in [6.45, 7) is 5.97. The summed E-state index contributed by atoms with van der Waals surface area (Å²) in [6, 6.07) is 3.58. The molecule has 1 saturated carbocycles. The summed E-state index contributed by atoms with van der Waals surface area (Å²) < 4.78 is 5.04. The zero-order valence-electron chi connectivity index (χ0n) is 16.7. The molecule has 150 valence electrons. The molecule has 0 unspecified atom stereocenters. The van der Waals surface area contributed by atoms with E-state index >= 15 is 0 Å². The minimum Gasteiger partial charge on any atom is -0.467 e. The predicted octanol–water partition coefficient (Wildman–Crippen LogP) is 2.38. The minimum atomic E-state index is -0.668. The van der Waals surface area contributed by atoms with Crippen molar-refractivity contribution < 1.29 is 19.2 Å². The standard InChI is InChI=1S/C21H26N2O5/c1-11-5-14-7-18(20(25)28-4)23-19(24)8-17-15(10-22(26)27)13(3)9-21(17,23)16(14)6-12(11)2/h5-6,13,15,17-18H,7-10H2,1-4H3/t13-,15+,17-,18-,21-/m0/s1. The third-order valence-corrected chi connectivity index (χ3v) is 7.33. The first-order valence-corrected chi connectivity index (χ1v) is 9.83. The molecule has 1 aliphatic carbocycles. The van der Waals surface area contributed by atoms with Crippen LogP contribution in [0, 0.1) is 41.7 Å². The number of aryl methyl sites for hydroxylation is 2. The molecule has 7 heteroatoms.